The van der Waals surface area contributed by atoms with Crippen molar-refractivity contribution in [1.82, 2.24) is 4.57 Å². The number of benzene rings is 4. The largest absolute Gasteiger partial charge is 0.309 e. The minimum absolute atomic E-state index is 1.22. The van der Waals surface area contributed by atoms with Crippen molar-refractivity contribution in [3.63, 3.8) is 0 Å². The molecule has 0 saturated heterocycles. The molecule has 1 heteroatoms. The van der Waals surface area contributed by atoms with Crippen LogP contribution in [0, 0.1) is 6.92 Å². The molecule has 114 valence electrons. The highest BCUT2D eigenvalue weighted by atomic mass is 15.0. The predicted molar refractivity (Wildman–Crippen MR) is 103 cm³/mol. The number of aryl methyl sites for hydroxylation is 1. The average molecular weight is 307 g/mol. The predicted octanol–water partition coefficient (Wildman–Crippen LogP) is 6.25. The van der Waals surface area contributed by atoms with Crippen molar-refractivity contribution in [2.75, 3.05) is 0 Å². The van der Waals surface area contributed by atoms with Crippen LogP contribution in [0.15, 0.2) is 84.9 Å². The zero-order valence-corrected chi connectivity index (χ0v) is 13.5. The van der Waals surface area contributed by atoms with Crippen molar-refractivity contribution < 1.29 is 0 Å². The Labute approximate surface area is 140 Å². The topological polar surface area (TPSA) is 4.93 Å². The highest BCUT2D eigenvalue weighted by Crippen LogP contribution is 2.36. The van der Waals surface area contributed by atoms with Crippen molar-refractivity contribution in [2.24, 2.45) is 0 Å². The lowest BCUT2D eigenvalue weighted by molar-refractivity contribution is 1.17. The Morgan fingerprint density at radius 3 is 2.29 bits per heavy atom. The molecule has 1 heterocycles. The van der Waals surface area contributed by atoms with Crippen LogP contribution in [-0.2, 0) is 0 Å². The van der Waals surface area contributed by atoms with Gasteiger partial charge in [0, 0.05) is 16.5 Å². The van der Waals surface area contributed by atoms with E-state index in [2.05, 4.69) is 96.4 Å². The van der Waals surface area contributed by atoms with Crippen molar-refractivity contribution >= 4 is 32.6 Å². The van der Waals surface area contributed by atoms with Gasteiger partial charge >= 0.3 is 0 Å². The zero-order chi connectivity index (χ0) is 16.1. The van der Waals surface area contributed by atoms with Gasteiger partial charge in [-0.05, 0) is 47.5 Å². The van der Waals surface area contributed by atoms with Gasteiger partial charge in [0.15, 0.2) is 0 Å². The highest BCUT2D eigenvalue weighted by Gasteiger charge is 2.13. The molecule has 5 aromatic rings. The van der Waals surface area contributed by atoms with E-state index in [1.165, 1.54) is 43.8 Å². The third-order valence-electron chi connectivity index (χ3n) is 4.82. The van der Waals surface area contributed by atoms with Gasteiger partial charge < -0.3 is 4.57 Å². The van der Waals surface area contributed by atoms with Crippen LogP contribution in [0.25, 0.3) is 38.3 Å². The number of hydrogen-bond donors (Lipinski definition) is 0. The molecular formula is C23H17N. The summed E-state index contributed by atoms with van der Waals surface area (Å²) in [6, 6.07) is 30.5. The number of hydrogen-bond acceptors (Lipinski definition) is 0. The highest BCUT2D eigenvalue weighted by molar-refractivity contribution is 6.21. The summed E-state index contributed by atoms with van der Waals surface area (Å²) in [4.78, 5) is 0. The molecule has 24 heavy (non-hydrogen) atoms. The molecule has 0 aliphatic rings. The molecule has 0 aliphatic heterocycles. The fourth-order valence-corrected chi connectivity index (χ4v) is 3.78. The Balaban J connectivity index is 2.04. The molecule has 0 spiro atoms. The average Bonchev–Trinajstić information content (AvgIpc) is 2.96. The van der Waals surface area contributed by atoms with E-state index in [-0.39, 0.29) is 0 Å². The summed E-state index contributed by atoms with van der Waals surface area (Å²) in [5.41, 5.74) is 5.02. The molecule has 0 N–H and O–H groups in total. The molecule has 1 aromatic heterocycles. The zero-order valence-electron chi connectivity index (χ0n) is 13.5. The Bertz CT molecular complexity index is 1210. The van der Waals surface area contributed by atoms with Gasteiger partial charge in [-0.1, -0.05) is 60.7 Å². The van der Waals surface area contributed by atoms with Gasteiger partial charge in [0.05, 0.1) is 11.0 Å². The summed E-state index contributed by atoms with van der Waals surface area (Å²) in [5.74, 6) is 0. The minimum atomic E-state index is 1.22. The van der Waals surface area contributed by atoms with Crippen molar-refractivity contribution in [3.05, 3.63) is 90.5 Å². The van der Waals surface area contributed by atoms with Gasteiger partial charge in [0.1, 0.15) is 0 Å². The Morgan fingerprint density at radius 2 is 1.42 bits per heavy atom. The van der Waals surface area contributed by atoms with E-state index >= 15 is 0 Å². The molecule has 0 bridgehead atoms. The Hall–Kier alpha value is -3.06. The summed E-state index contributed by atoms with van der Waals surface area (Å²) in [5, 5.41) is 5.26. The standard InChI is InChI=1S/C23H17N/c1-16-7-6-9-18(15-16)24-21-12-5-4-11-20(21)23-19-10-3-2-8-17(19)13-14-22(23)24/h2-15H,1H3. The fraction of sp³-hybridized carbons (Fsp3) is 0.0435. The maximum absolute atomic E-state index is 2.38. The maximum atomic E-state index is 2.38. The first kappa shape index (κ1) is 13.4. The van der Waals surface area contributed by atoms with Crippen LogP contribution >= 0.6 is 0 Å². The first-order chi connectivity index (χ1) is 11.8. The number of aromatic nitrogens is 1. The second-order valence-corrected chi connectivity index (χ2v) is 6.37. The Kier molecular flexibility index (Phi) is 2.77. The van der Waals surface area contributed by atoms with E-state index in [0.717, 1.165) is 0 Å². The number of rotatable bonds is 1. The van der Waals surface area contributed by atoms with Gasteiger partial charge in [-0.25, -0.2) is 0 Å². The smallest absolute Gasteiger partial charge is 0.0547 e. The van der Waals surface area contributed by atoms with Crippen LogP contribution in [0.2, 0.25) is 0 Å². The van der Waals surface area contributed by atoms with E-state index in [0.29, 0.717) is 0 Å². The lowest BCUT2D eigenvalue weighted by Gasteiger charge is -2.09. The monoisotopic (exact) mass is 307 g/mol. The lowest BCUT2D eigenvalue weighted by Crippen LogP contribution is -1.93. The van der Waals surface area contributed by atoms with Crippen LogP contribution in [0.4, 0.5) is 0 Å². The molecule has 1 nitrogen and oxygen atoms in total. The van der Waals surface area contributed by atoms with Gasteiger partial charge in [-0.15, -0.1) is 0 Å². The van der Waals surface area contributed by atoms with Crippen LogP contribution < -0.4 is 0 Å². The van der Waals surface area contributed by atoms with Gasteiger partial charge in [0.25, 0.3) is 0 Å². The van der Waals surface area contributed by atoms with Gasteiger partial charge in [0.2, 0.25) is 0 Å². The summed E-state index contributed by atoms with van der Waals surface area (Å²) < 4.78 is 2.38. The SMILES string of the molecule is Cc1cccc(-n2c3ccccc3c3c4ccccc4ccc32)c1. The van der Waals surface area contributed by atoms with E-state index in [1.807, 2.05) is 0 Å². The summed E-state index contributed by atoms with van der Waals surface area (Å²) >= 11 is 0. The lowest BCUT2D eigenvalue weighted by atomic mass is 10.0. The minimum Gasteiger partial charge on any atom is -0.309 e. The molecule has 4 aromatic carbocycles. The molecule has 0 radical (unpaired) electrons. The maximum Gasteiger partial charge on any atom is 0.0547 e. The quantitative estimate of drug-likeness (QED) is 0.345. The van der Waals surface area contributed by atoms with Gasteiger partial charge in [-0.2, -0.15) is 0 Å². The first-order valence-electron chi connectivity index (χ1n) is 8.31. The fourth-order valence-electron chi connectivity index (χ4n) is 3.78. The third-order valence-corrected chi connectivity index (χ3v) is 4.82. The number of para-hydroxylation sites is 1. The molecule has 0 fully saturated rings. The van der Waals surface area contributed by atoms with Crippen molar-refractivity contribution in [1.29, 1.82) is 0 Å². The van der Waals surface area contributed by atoms with Crippen LogP contribution in [-0.4, -0.2) is 4.57 Å². The van der Waals surface area contributed by atoms with E-state index < -0.39 is 0 Å². The third kappa shape index (κ3) is 1.82. The van der Waals surface area contributed by atoms with Crippen molar-refractivity contribution in [3.8, 4) is 5.69 Å². The van der Waals surface area contributed by atoms with E-state index in [1.54, 1.807) is 0 Å². The van der Waals surface area contributed by atoms with Crippen LogP contribution in [0.5, 0.6) is 0 Å². The van der Waals surface area contributed by atoms with Crippen molar-refractivity contribution in [2.45, 2.75) is 6.92 Å². The number of fused-ring (bicyclic) bond motifs is 5. The molecular weight excluding hydrogens is 290 g/mol. The molecule has 0 saturated carbocycles. The second-order valence-electron chi connectivity index (χ2n) is 6.37. The summed E-state index contributed by atoms with van der Waals surface area (Å²) in [6.45, 7) is 2.15. The molecule has 0 unspecified atom stereocenters. The second kappa shape index (κ2) is 4.97. The normalized spacial score (nSPS) is 11.5. The van der Waals surface area contributed by atoms with E-state index in [4.69, 9.17) is 0 Å². The molecule has 0 aliphatic carbocycles. The Morgan fingerprint density at radius 1 is 0.625 bits per heavy atom. The summed E-state index contributed by atoms with van der Waals surface area (Å²) in [6.07, 6.45) is 0. The van der Waals surface area contributed by atoms with Crippen LogP contribution in [0.1, 0.15) is 5.56 Å². The van der Waals surface area contributed by atoms with Gasteiger partial charge in [-0.3, -0.25) is 0 Å². The molecule has 0 amide bonds. The summed E-state index contributed by atoms with van der Waals surface area (Å²) in [7, 11) is 0. The number of nitrogens with zero attached hydrogens (tertiary/aromatic N) is 1. The van der Waals surface area contributed by atoms with E-state index in [9.17, 15) is 0 Å². The molecule has 5 rings (SSSR count). The molecule has 0 atom stereocenters. The first-order valence-corrected chi connectivity index (χ1v) is 8.31. The van der Waals surface area contributed by atoms with Crippen LogP contribution in [0.3, 0.4) is 0 Å².